The van der Waals surface area contributed by atoms with Crippen LogP contribution in [-0.2, 0) is 0 Å². The Bertz CT molecular complexity index is 982. The van der Waals surface area contributed by atoms with Gasteiger partial charge in [0.05, 0.1) is 21.3 Å². The number of aromatic nitrogens is 2. The summed E-state index contributed by atoms with van der Waals surface area (Å²) in [6.45, 7) is 1.71. The molecule has 122 valence electrons. The zero-order chi connectivity index (χ0) is 17.4. The number of amides is 1. The molecule has 0 aliphatic rings. The number of carboxylic acids is 1. The lowest BCUT2D eigenvalue weighted by Gasteiger charge is -2.08. The van der Waals surface area contributed by atoms with E-state index in [9.17, 15) is 9.59 Å². The van der Waals surface area contributed by atoms with Gasteiger partial charge in [0.15, 0.2) is 0 Å². The first-order chi connectivity index (χ1) is 11.4. The third-order valence-corrected chi connectivity index (χ3v) is 3.98. The Morgan fingerprint density at radius 2 is 1.96 bits per heavy atom. The molecular weight excluding hydrogens is 353 g/mol. The zero-order valence-corrected chi connectivity index (χ0v) is 13.9. The second-order valence-electron chi connectivity index (χ2n) is 5.08. The molecule has 24 heavy (non-hydrogen) atoms. The number of carboxylic acid groups (broad SMARTS) is 1. The normalized spacial score (nSPS) is 10.8. The molecule has 0 aliphatic carbocycles. The molecule has 0 atom stereocenters. The van der Waals surface area contributed by atoms with Crippen LogP contribution >= 0.6 is 23.2 Å². The van der Waals surface area contributed by atoms with Crippen molar-refractivity contribution in [2.45, 2.75) is 6.92 Å². The van der Waals surface area contributed by atoms with Gasteiger partial charge in [-0.1, -0.05) is 23.2 Å². The minimum absolute atomic E-state index is 0.0904. The van der Waals surface area contributed by atoms with Crippen LogP contribution < -0.4 is 5.32 Å². The van der Waals surface area contributed by atoms with E-state index in [1.54, 1.807) is 29.7 Å². The zero-order valence-electron chi connectivity index (χ0n) is 12.4. The van der Waals surface area contributed by atoms with Crippen LogP contribution in [0.5, 0.6) is 0 Å². The summed E-state index contributed by atoms with van der Waals surface area (Å²) in [4.78, 5) is 28.0. The number of carbonyl (C=O) groups is 2. The van der Waals surface area contributed by atoms with E-state index in [4.69, 9.17) is 28.3 Å². The van der Waals surface area contributed by atoms with Crippen LogP contribution in [-0.4, -0.2) is 26.4 Å². The van der Waals surface area contributed by atoms with Gasteiger partial charge in [-0.15, -0.1) is 0 Å². The Morgan fingerprint density at radius 1 is 1.21 bits per heavy atom. The molecule has 0 spiro atoms. The van der Waals surface area contributed by atoms with Crippen molar-refractivity contribution in [2.24, 2.45) is 0 Å². The quantitative estimate of drug-likeness (QED) is 0.738. The van der Waals surface area contributed by atoms with Gasteiger partial charge in [-0.05, 0) is 37.3 Å². The first-order valence-electron chi connectivity index (χ1n) is 6.85. The molecule has 8 heteroatoms. The van der Waals surface area contributed by atoms with Crippen LogP contribution in [0.4, 0.5) is 5.69 Å². The maximum Gasteiger partial charge on any atom is 0.337 e. The maximum absolute atomic E-state index is 12.6. The molecule has 2 aromatic heterocycles. The molecule has 6 nitrogen and oxygen atoms in total. The first-order valence-corrected chi connectivity index (χ1v) is 7.61. The van der Waals surface area contributed by atoms with Crippen LogP contribution in [0.2, 0.25) is 10.0 Å². The summed E-state index contributed by atoms with van der Waals surface area (Å²) in [5, 5.41) is 12.3. The Kier molecular flexibility index (Phi) is 4.17. The molecule has 0 radical (unpaired) electrons. The number of fused-ring (bicyclic) bond motifs is 1. The second-order valence-corrected chi connectivity index (χ2v) is 5.92. The summed E-state index contributed by atoms with van der Waals surface area (Å²) >= 11 is 11.8. The second kappa shape index (κ2) is 6.14. The fourth-order valence-electron chi connectivity index (χ4n) is 2.37. The van der Waals surface area contributed by atoms with Crippen molar-refractivity contribution in [1.82, 2.24) is 9.38 Å². The van der Waals surface area contributed by atoms with E-state index in [2.05, 4.69) is 10.3 Å². The van der Waals surface area contributed by atoms with E-state index in [1.165, 1.54) is 18.2 Å². The summed E-state index contributed by atoms with van der Waals surface area (Å²) in [6, 6.07) is 7.63. The molecule has 0 saturated carbocycles. The van der Waals surface area contributed by atoms with Gasteiger partial charge < -0.3 is 10.4 Å². The van der Waals surface area contributed by atoms with E-state index in [1.807, 2.05) is 0 Å². The standard InChI is InChI=1S/C16H11Cl2N3O3/c1-8-14(21-7-9(17)2-5-13(21)19-8)15(22)20-10-3-4-12(18)11(6-10)16(23)24/h2-7H,1H3,(H,20,22)(H,23,24). The molecular formula is C16H11Cl2N3O3. The van der Waals surface area contributed by atoms with Crippen molar-refractivity contribution >= 4 is 46.4 Å². The topological polar surface area (TPSA) is 83.7 Å². The molecule has 2 heterocycles. The number of halogens is 2. The number of anilines is 1. The minimum atomic E-state index is -1.17. The number of aryl methyl sites for hydroxylation is 1. The van der Waals surface area contributed by atoms with Gasteiger partial charge in [-0.25, -0.2) is 9.78 Å². The maximum atomic E-state index is 12.6. The molecule has 1 amide bonds. The summed E-state index contributed by atoms with van der Waals surface area (Å²) in [6.07, 6.45) is 1.59. The molecule has 1 aromatic carbocycles. The molecule has 0 aliphatic heterocycles. The number of hydrogen-bond donors (Lipinski definition) is 2. The molecule has 0 saturated heterocycles. The summed E-state index contributed by atoms with van der Waals surface area (Å²) in [5.41, 5.74) is 1.66. The largest absolute Gasteiger partial charge is 0.478 e. The van der Waals surface area contributed by atoms with E-state index < -0.39 is 11.9 Å². The van der Waals surface area contributed by atoms with Crippen molar-refractivity contribution in [3.8, 4) is 0 Å². The SMILES string of the molecule is Cc1nc2ccc(Cl)cn2c1C(=O)Nc1ccc(Cl)c(C(=O)O)c1. The number of imidazole rings is 1. The minimum Gasteiger partial charge on any atom is -0.478 e. The number of nitrogens with zero attached hydrogens (tertiary/aromatic N) is 2. The average Bonchev–Trinajstić information content (AvgIpc) is 2.84. The number of aromatic carboxylic acids is 1. The Labute approximate surface area is 146 Å². The molecule has 0 unspecified atom stereocenters. The van der Waals surface area contributed by atoms with Crippen LogP contribution in [0.25, 0.3) is 5.65 Å². The van der Waals surface area contributed by atoms with E-state index in [-0.39, 0.29) is 10.6 Å². The number of nitrogens with one attached hydrogen (secondary N) is 1. The van der Waals surface area contributed by atoms with Crippen molar-refractivity contribution in [3.05, 3.63) is 63.5 Å². The molecule has 3 aromatic rings. The van der Waals surface area contributed by atoms with Crippen molar-refractivity contribution in [2.75, 3.05) is 5.32 Å². The highest BCUT2D eigenvalue weighted by molar-refractivity contribution is 6.33. The lowest BCUT2D eigenvalue weighted by Crippen LogP contribution is -2.16. The van der Waals surface area contributed by atoms with Crippen molar-refractivity contribution in [3.63, 3.8) is 0 Å². The summed E-state index contributed by atoms with van der Waals surface area (Å²) in [5.74, 6) is -1.60. The molecule has 0 bridgehead atoms. The van der Waals surface area contributed by atoms with Gasteiger partial charge in [0.2, 0.25) is 0 Å². The summed E-state index contributed by atoms with van der Waals surface area (Å²) < 4.78 is 1.58. The molecule has 2 N–H and O–H groups in total. The van der Waals surface area contributed by atoms with Crippen molar-refractivity contribution < 1.29 is 14.7 Å². The Morgan fingerprint density at radius 3 is 2.67 bits per heavy atom. The van der Waals surface area contributed by atoms with Gasteiger partial charge in [-0.2, -0.15) is 0 Å². The number of pyridine rings is 1. The molecule has 0 fully saturated rings. The van der Waals surface area contributed by atoms with Crippen molar-refractivity contribution in [1.29, 1.82) is 0 Å². The highest BCUT2D eigenvalue weighted by Gasteiger charge is 2.18. The number of hydrogen-bond acceptors (Lipinski definition) is 3. The van der Waals surface area contributed by atoms with Gasteiger partial charge in [-0.3, -0.25) is 9.20 Å². The number of benzene rings is 1. The lowest BCUT2D eigenvalue weighted by atomic mass is 10.2. The highest BCUT2D eigenvalue weighted by Crippen LogP contribution is 2.22. The monoisotopic (exact) mass is 363 g/mol. The van der Waals surface area contributed by atoms with Crippen LogP contribution in [0.1, 0.15) is 26.5 Å². The smallest absolute Gasteiger partial charge is 0.337 e. The van der Waals surface area contributed by atoms with Crippen LogP contribution in [0.3, 0.4) is 0 Å². The Hall–Kier alpha value is -2.57. The van der Waals surface area contributed by atoms with Gasteiger partial charge in [0.25, 0.3) is 5.91 Å². The average molecular weight is 364 g/mol. The first kappa shape index (κ1) is 16.3. The van der Waals surface area contributed by atoms with E-state index >= 15 is 0 Å². The third kappa shape index (κ3) is 2.93. The molecule has 3 rings (SSSR count). The van der Waals surface area contributed by atoms with E-state index in [0.29, 0.717) is 27.7 Å². The fraction of sp³-hybridized carbons (Fsp3) is 0.0625. The predicted octanol–water partition coefficient (Wildman–Crippen LogP) is 3.90. The highest BCUT2D eigenvalue weighted by atomic mass is 35.5. The predicted molar refractivity (Wildman–Crippen MR) is 91.3 cm³/mol. The summed E-state index contributed by atoms with van der Waals surface area (Å²) in [7, 11) is 0. The van der Waals surface area contributed by atoms with Gasteiger partial charge in [0, 0.05) is 11.9 Å². The number of rotatable bonds is 3. The fourth-order valence-corrected chi connectivity index (χ4v) is 2.73. The van der Waals surface area contributed by atoms with Gasteiger partial charge >= 0.3 is 5.97 Å². The Balaban J connectivity index is 1.99. The number of carbonyl (C=O) groups excluding carboxylic acids is 1. The van der Waals surface area contributed by atoms with Crippen LogP contribution in [0, 0.1) is 6.92 Å². The van der Waals surface area contributed by atoms with Crippen LogP contribution in [0.15, 0.2) is 36.5 Å². The van der Waals surface area contributed by atoms with Gasteiger partial charge in [0.1, 0.15) is 11.3 Å². The lowest BCUT2D eigenvalue weighted by molar-refractivity contribution is 0.0696. The third-order valence-electron chi connectivity index (χ3n) is 3.43. The van der Waals surface area contributed by atoms with E-state index in [0.717, 1.165) is 0 Å².